The van der Waals surface area contributed by atoms with Crippen molar-refractivity contribution in [2.75, 3.05) is 40.2 Å². The van der Waals surface area contributed by atoms with Crippen LogP contribution in [0.3, 0.4) is 0 Å². The molecular weight excluding hydrogens is 250 g/mol. The highest BCUT2D eigenvalue weighted by Gasteiger charge is 2.23. The molecule has 5 heteroatoms. The summed E-state index contributed by atoms with van der Waals surface area (Å²) in [5.41, 5.74) is 1.08. The van der Waals surface area contributed by atoms with Gasteiger partial charge in [0.1, 0.15) is 11.5 Å². The standard InChI is InChI=1S/C13H19NO3S/c1-15-10-5-4-9(11-8-14-6-7-17-11)12(16-2)13(10)18-3/h4-5,11,14H,6-8H2,1-3H3. The molecule has 1 fully saturated rings. The summed E-state index contributed by atoms with van der Waals surface area (Å²) in [7, 11) is 3.36. The van der Waals surface area contributed by atoms with Gasteiger partial charge in [0.2, 0.25) is 0 Å². The first-order valence-corrected chi connectivity index (χ1v) is 7.15. The van der Waals surface area contributed by atoms with Crippen LogP contribution in [0.25, 0.3) is 0 Å². The van der Waals surface area contributed by atoms with Crippen molar-refractivity contribution in [2.24, 2.45) is 0 Å². The SMILES string of the molecule is COc1ccc(C2CNCCO2)c(OC)c1SC. The van der Waals surface area contributed by atoms with Crippen LogP contribution in [0.15, 0.2) is 17.0 Å². The smallest absolute Gasteiger partial charge is 0.142 e. The monoisotopic (exact) mass is 269 g/mol. The number of benzene rings is 1. The summed E-state index contributed by atoms with van der Waals surface area (Å²) in [6, 6.07) is 4.00. The molecule has 0 spiro atoms. The fraction of sp³-hybridized carbons (Fsp3) is 0.538. The second-order valence-electron chi connectivity index (χ2n) is 3.99. The van der Waals surface area contributed by atoms with Crippen molar-refractivity contribution in [3.8, 4) is 11.5 Å². The Bertz CT molecular complexity index is 405. The molecular formula is C13H19NO3S. The number of hydrogen-bond donors (Lipinski definition) is 1. The fourth-order valence-electron chi connectivity index (χ4n) is 2.14. The lowest BCUT2D eigenvalue weighted by atomic mass is 10.1. The van der Waals surface area contributed by atoms with Crippen molar-refractivity contribution in [3.05, 3.63) is 17.7 Å². The molecule has 1 aliphatic heterocycles. The van der Waals surface area contributed by atoms with Gasteiger partial charge in [0.15, 0.2) is 0 Å². The molecule has 2 rings (SSSR count). The second-order valence-corrected chi connectivity index (χ2v) is 4.80. The molecule has 0 saturated carbocycles. The van der Waals surface area contributed by atoms with Gasteiger partial charge in [0.05, 0.1) is 31.8 Å². The lowest BCUT2D eigenvalue weighted by molar-refractivity contribution is 0.0260. The Morgan fingerprint density at radius 1 is 1.33 bits per heavy atom. The normalized spacial score (nSPS) is 19.6. The summed E-state index contributed by atoms with van der Waals surface area (Å²) in [6.45, 7) is 2.45. The molecule has 0 aliphatic carbocycles. The van der Waals surface area contributed by atoms with E-state index in [1.807, 2.05) is 18.4 Å². The summed E-state index contributed by atoms with van der Waals surface area (Å²) >= 11 is 1.62. The molecule has 1 saturated heterocycles. The van der Waals surface area contributed by atoms with Crippen LogP contribution < -0.4 is 14.8 Å². The molecule has 0 radical (unpaired) electrons. The third kappa shape index (κ3) is 2.58. The third-order valence-corrected chi connectivity index (χ3v) is 3.80. The molecule has 1 atom stereocenters. The van der Waals surface area contributed by atoms with E-state index in [1.54, 1.807) is 26.0 Å². The van der Waals surface area contributed by atoms with E-state index in [1.165, 1.54) is 0 Å². The number of ether oxygens (including phenoxy) is 3. The van der Waals surface area contributed by atoms with Gasteiger partial charge in [0, 0.05) is 18.7 Å². The number of rotatable bonds is 4. The largest absolute Gasteiger partial charge is 0.495 e. The third-order valence-electron chi connectivity index (χ3n) is 3.01. The van der Waals surface area contributed by atoms with Crippen molar-refractivity contribution >= 4 is 11.8 Å². The van der Waals surface area contributed by atoms with E-state index in [0.29, 0.717) is 0 Å². The Morgan fingerprint density at radius 2 is 2.17 bits per heavy atom. The molecule has 100 valence electrons. The van der Waals surface area contributed by atoms with Gasteiger partial charge in [-0.15, -0.1) is 11.8 Å². The van der Waals surface area contributed by atoms with E-state index < -0.39 is 0 Å². The molecule has 1 aromatic carbocycles. The van der Waals surface area contributed by atoms with Crippen molar-refractivity contribution < 1.29 is 14.2 Å². The zero-order chi connectivity index (χ0) is 13.0. The van der Waals surface area contributed by atoms with Crippen LogP contribution in [0.5, 0.6) is 11.5 Å². The van der Waals surface area contributed by atoms with Crippen molar-refractivity contribution in [1.29, 1.82) is 0 Å². The lowest BCUT2D eigenvalue weighted by Crippen LogP contribution is -2.33. The number of nitrogens with one attached hydrogen (secondary N) is 1. The van der Waals surface area contributed by atoms with Gasteiger partial charge in [-0.05, 0) is 18.4 Å². The Hall–Kier alpha value is -0.910. The van der Waals surface area contributed by atoms with Gasteiger partial charge in [0.25, 0.3) is 0 Å². The zero-order valence-corrected chi connectivity index (χ0v) is 11.8. The van der Waals surface area contributed by atoms with E-state index in [-0.39, 0.29) is 6.10 Å². The number of thioether (sulfide) groups is 1. The Kier molecular flexibility index (Phi) is 4.74. The first kappa shape index (κ1) is 13.5. The maximum atomic E-state index is 5.79. The first-order valence-electron chi connectivity index (χ1n) is 5.93. The molecule has 1 aliphatic rings. The topological polar surface area (TPSA) is 39.7 Å². The maximum absolute atomic E-state index is 5.79. The number of hydrogen-bond acceptors (Lipinski definition) is 5. The van der Waals surface area contributed by atoms with E-state index in [4.69, 9.17) is 14.2 Å². The average Bonchev–Trinajstić information content (AvgIpc) is 2.46. The predicted octanol–water partition coefficient (Wildman–Crippen LogP) is 2.09. The lowest BCUT2D eigenvalue weighted by Gasteiger charge is -2.26. The Morgan fingerprint density at radius 3 is 2.72 bits per heavy atom. The molecule has 0 amide bonds. The Balaban J connectivity index is 2.40. The van der Waals surface area contributed by atoms with Gasteiger partial charge >= 0.3 is 0 Å². The van der Waals surface area contributed by atoms with Gasteiger partial charge in [-0.2, -0.15) is 0 Å². The van der Waals surface area contributed by atoms with Crippen LogP contribution >= 0.6 is 11.8 Å². The van der Waals surface area contributed by atoms with Crippen LogP contribution in [-0.2, 0) is 4.74 Å². The number of morpholine rings is 1. The molecule has 18 heavy (non-hydrogen) atoms. The molecule has 1 N–H and O–H groups in total. The minimum atomic E-state index is 0.0468. The average molecular weight is 269 g/mol. The van der Waals surface area contributed by atoms with Crippen LogP contribution in [-0.4, -0.2) is 40.2 Å². The van der Waals surface area contributed by atoms with E-state index in [2.05, 4.69) is 5.32 Å². The highest BCUT2D eigenvalue weighted by atomic mass is 32.2. The van der Waals surface area contributed by atoms with Gasteiger partial charge < -0.3 is 19.5 Å². The quantitative estimate of drug-likeness (QED) is 0.847. The highest BCUT2D eigenvalue weighted by Crippen LogP contribution is 2.42. The summed E-state index contributed by atoms with van der Waals surface area (Å²) in [5, 5.41) is 3.33. The second kappa shape index (κ2) is 6.31. The predicted molar refractivity (Wildman–Crippen MR) is 72.9 cm³/mol. The van der Waals surface area contributed by atoms with Gasteiger partial charge in [-0.1, -0.05) is 0 Å². The Labute approximate surface area is 112 Å². The van der Waals surface area contributed by atoms with Crippen LogP contribution in [0.2, 0.25) is 0 Å². The van der Waals surface area contributed by atoms with E-state index in [9.17, 15) is 0 Å². The summed E-state index contributed by atoms with van der Waals surface area (Å²) < 4.78 is 16.7. The fourth-order valence-corrected chi connectivity index (χ4v) is 2.88. The van der Waals surface area contributed by atoms with E-state index >= 15 is 0 Å². The maximum Gasteiger partial charge on any atom is 0.142 e. The molecule has 1 unspecified atom stereocenters. The summed E-state index contributed by atoms with van der Waals surface area (Å²) in [4.78, 5) is 1.02. The van der Waals surface area contributed by atoms with Crippen LogP contribution in [0.4, 0.5) is 0 Å². The zero-order valence-electron chi connectivity index (χ0n) is 11.0. The molecule has 4 nitrogen and oxygen atoms in total. The minimum absolute atomic E-state index is 0.0468. The summed E-state index contributed by atoms with van der Waals surface area (Å²) in [5.74, 6) is 1.70. The minimum Gasteiger partial charge on any atom is -0.495 e. The van der Waals surface area contributed by atoms with Crippen LogP contribution in [0, 0.1) is 0 Å². The van der Waals surface area contributed by atoms with E-state index in [0.717, 1.165) is 41.7 Å². The summed E-state index contributed by atoms with van der Waals surface area (Å²) in [6.07, 6.45) is 2.06. The molecule has 0 aromatic heterocycles. The van der Waals surface area contributed by atoms with Crippen LogP contribution in [0.1, 0.15) is 11.7 Å². The van der Waals surface area contributed by atoms with Crippen molar-refractivity contribution in [2.45, 2.75) is 11.0 Å². The molecule has 1 aromatic rings. The van der Waals surface area contributed by atoms with Crippen molar-refractivity contribution in [3.63, 3.8) is 0 Å². The van der Waals surface area contributed by atoms with Crippen molar-refractivity contribution in [1.82, 2.24) is 5.32 Å². The van der Waals surface area contributed by atoms with Gasteiger partial charge in [-0.25, -0.2) is 0 Å². The van der Waals surface area contributed by atoms with Gasteiger partial charge in [-0.3, -0.25) is 0 Å². The molecule has 0 bridgehead atoms. The highest BCUT2D eigenvalue weighted by molar-refractivity contribution is 7.98. The number of methoxy groups -OCH3 is 2. The first-order chi connectivity index (χ1) is 8.81. The molecule has 1 heterocycles.